The maximum Gasteiger partial charge on any atom is 0.339 e. The highest BCUT2D eigenvalue weighted by atomic mass is 19.1. The molecule has 2 rings (SSSR count). The first-order chi connectivity index (χ1) is 12.4. The third-order valence-corrected chi connectivity index (χ3v) is 3.67. The van der Waals surface area contributed by atoms with Crippen LogP contribution in [0.25, 0.3) is 0 Å². The summed E-state index contributed by atoms with van der Waals surface area (Å²) < 4.78 is 17.6. The molecule has 0 radical (unpaired) electrons. The molecule has 136 valence electrons. The Morgan fingerprint density at radius 3 is 2.35 bits per heavy atom. The lowest BCUT2D eigenvalue weighted by Gasteiger charge is -2.23. The van der Waals surface area contributed by atoms with Crippen LogP contribution < -0.4 is 10.2 Å². The number of halogens is 1. The van der Waals surface area contributed by atoms with Gasteiger partial charge in [-0.05, 0) is 36.4 Å². The molecule has 7 heteroatoms. The lowest BCUT2D eigenvalue weighted by molar-refractivity contribution is -0.117. The molecule has 0 saturated heterocycles. The van der Waals surface area contributed by atoms with E-state index in [9.17, 15) is 18.8 Å². The number of hydrogen-bond donors (Lipinski definition) is 1. The molecule has 0 fully saturated rings. The molecule has 2 aromatic rings. The molecular weight excluding hydrogens is 339 g/mol. The minimum absolute atomic E-state index is 0.00641. The summed E-state index contributed by atoms with van der Waals surface area (Å²) in [5.41, 5.74) is 1.08. The number of methoxy groups -OCH3 is 1. The predicted octanol–water partition coefficient (Wildman–Crippen LogP) is 2.99. The van der Waals surface area contributed by atoms with Gasteiger partial charge < -0.3 is 15.0 Å². The number of ether oxygens (including phenoxy) is 1. The summed E-state index contributed by atoms with van der Waals surface area (Å²) >= 11 is 0. The molecule has 2 amide bonds. The summed E-state index contributed by atoms with van der Waals surface area (Å²) in [5, 5.41) is 2.63. The van der Waals surface area contributed by atoms with E-state index in [1.165, 1.54) is 43.2 Å². The lowest BCUT2D eigenvalue weighted by atomic mass is 10.1. The van der Waals surface area contributed by atoms with E-state index < -0.39 is 11.8 Å². The fraction of sp³-hybridized carbons (Fsp3) is 0.211. The topological polar surface area (TPSA) is 75.7 Å². The lowest BCUT2D eigenvalue weighted by Crippen LogP contribution is -2.33. The molecule has 0 unspecified atom stereocenters. The predicted molar refractivity (Wildman–Crippen MR) is 95.5 cm³/mol. The number of rotatable bonds is 6. The van der Waals surface area contributed by atoms with Crippen LogP contribution in [0.3, 0.4) is 0 Å². The fourth-order valence-corrected chi connectivity index (χ4v) is 2.41. The van der Waals surface area contributed by atoms with Crippen LogP contribution in [0, 0.1) is 5.82 Å². The largest absolute Gasteiger partial charge is 0.465 e. The zero-order valence-electron chi connectivity index (χ0n) is 14.5. The summed E-state index contributed by atoms with van der Waals surface area (Å²) in [7, 11) is 1.26. The van der Waals surface area contributed by atoms with Crippen molar-refractivity contribution in [2.45, 2.75) is 13.3 Å². The van der Waals surface area contributed by atoms with Gasteiger partial charge in [-0.25, -0.2) is 9.18 Å². The van der Waals surface area contributed by atoms with Crippen LogP contribution in [0.5, 0.6) is 0 Å². The van der Waals surface area contributed by atoms with Crippen LogP contribution >= 0.6 is 0 Å². The van der Waals surface area contributed by atoms with Gasteiger partial charge in [-0.3, -0.25) is 9.59 Å². The minimum Gasteiger partial charge on any atom is -0.465 e. The number of benzene rings is 2. The summed E-state index contributed by atoms with van der Waals surface area (Å²) in [6.45, 7) is 1.43. The number of para-hydroxylation sites is 1. The molecule has 0 aliphatic rings. The van der Waals surface area contributed by atoms with Crippen molar-refractivity contribution >= 4 is 29.2 Å². The average molecular weight is 358 g/mol. The molecule has 0 aliphatic carbocycles. The van der Waals surface area contributed by atoms with Gasteiger partial charge in [0.2, 0.25) is 11.8 Å². The Morgan fingerprint density at radius 1 is 1.08 bits per heavy atom. The zero-order valence-corrected chi connectivity index (χ0v) is 14.5. The number of nitrogens with one attached hydrogen (secondary N) is 1. The summed E-state index contributed by atoms with van der Waals surface area (Å²) in [5.74, 6) is -1.61. The van der Waals surface area contributed by atoms with Crippen molar-refractivity contribution in [3.05, 3.63) is 59.9 Å². The first kappa shape index (κ1) is 19.1. The minimum atomic E-state index is -0.567. The zero-order chi connectivity index (χ0) is 19.1. The molecule has 0 aliphatic heterocycles. The van der Waals surface area contributed by atoms with Gasteiger partial charge >= 0.3 is 5.97 Å². The number of anilines is 2. The van der Waals surface area contributed by atoms with Crippen LogP contribution in [-0.2, 0) is 14.3 Å². The molecule has 6 nitrogen and oxygen atoms in total. The molecule has 0 saturated carbocycles. The van der Waals surface area contributed by atoms with Gasteiger partial charge in [0.05, 0.1) is 18.4 Å². The van der Waals surface area contributed by atoms with Crippen molar-refractivity contribution in [1.82, 2.24) is 0 Å². The number of carbonyl (C=O) groups excluding carboxylic acids is 3. The Balaban J connectivity index is 2.09. The van der Waals surface area contributed by atoms with E-state index in [2.05, 4.69) is 5.32 Å². The standard InChI is InChI=1S/C19H19FN2O4/c1-13(23)22(17-6-4-3-5-16(17)19(25)26-2)12-11-18(24)21-15-9-7-14(20)8-10-15/h3-10H,11-12H2,1-2H3,(H,21,24). The SMILES string of the molecule is COC(=O)c1ccccc1N(CCC(=O)Nc1ccc(F)cc1)C(C)=O. The van der Waals surface area contributed by atoms with Crippen LogP contribution in [0.4, 0.5) is 15.8 Å². The van der Waals surface area contributed by atoms with Gasteiger partial charge in [0.25, 0.3) is 0 Å². The van der Waals surface area contributed by atoms with E-state index in [1.807, 2.05) is 0 Å². The smallest absolute Gasteiger partial charge is 0.339 e. The van der Waals surface area contributed by atoms with Gasteiger partial charge in [-0.1, -0.05) is 12.1 Å². The summed E-state index contributed by atoms with van der Waals surface area (Å²) in [4.78, 5) is 37.4. The number of hydrogen-bond acceptors (Lipinski definition) is 4. The summed E-state index contributed by atoms with van der Waals surface area (Å²) in [6, 6.07) is 11.9. The second-order valence-electron chi connectivity index (χ2n) is 5.48. The van der Waals surface area contributed by atoms with E-state index in [1.54, 1.807) is 24.3 Å². The van der Waals surface area contributed by atoms with E-state index in [4.69, 9.17) is 4.74 Å². The molecule has 1 N–H and O–H groups in total. The van der Waals surface area contributed by atoms with Gasteiger partial charge in [-0.15, -0.1) is 0 Å². The van der Waals surface area contributed by atoms with Gasteiger partial charge in [0.1, 0.15) is 5.82 Å². The van der Waals surface area contributed by atoms with Crippen molar-refractivity contribution in [1.29, 1.82) is 0 Å². The first-order valence-electron chi connectivity index (χ1n) is 7.93. The molecule has 0 bridgehead atoms. The summed E-state index contributed by atoms with van der Waals surface area (Å²) in [6.07, 6.45) is 0.00641. The number of amides is 2. The van der Waals surface area contributed by atoms with E-state index in [0.29, 0.717) is 11.4 Å². The van der Waals surface area contributed by atoms with Crippen LogP contribution in [0.1, 0.15) is 23.7 Å². The maximum atomic E-state index is 12.9. The average Bonchev–Trinajstić information content (AvgIpc) is 2.63. The molecule has 26 heavy (non-hydrogen) atoms. The number of carbonyl (C=O) groups is 3. The third-order valence-electron chi connectivity index (χ3n) is 3.67. The second-order valence-corrected chi connectivity index (χ2v) is 5.48. The van der Waals surface area contributed by atoms with E-state index in [0.717, 1.165) is 0 Å². The maximum absolute atomic E-state index is 12.9. The van der Waals surface area contributed by atoms with Gasteiger partial charge in [-0.2, -0.15) is 0 Å². The Labute approximate surface area is 150 Å². The van der Waals surface area contributed by atoms with Crippen molar-refractivity contribution in [2.75, 3.05) is 23.9 Å². The molecule has 0 spiro atoms. The van der Waals surface area contributed by atoms with Gasteiger partial charge in [0, 0.05) is 25.6 Å². The number of esters is 1. The Bertz CT molecular complexity index is 805. The van der Waals surface area contributed by atoms with Crippen LogP contribution in [0.15, 0.2) is 48.5 Å². The Kier molecular flexibility index (Phi) is 6.43. The van der Waals surface area contributed by atoms with Crippen molar-refractivity contribution in [2.24, 2.45) is 0 Å². The van der Waals surface area contributed by atoms with Gasteiger partial charge in [0.15, 0.2) is 0 Å². The monoisotopic (exact) mass is 358 g/mol. The molecule has 2 aromatic carbocycles. The molecule has 0 aromatic heterocycles. The fourth-order valence-electron chi connectivity index (χ4n) is 2.41. The van der Waals surface area contributed by atoms with Crippen molar-refractivity contribution in [3.8, 4) is 0 Å². The highest BCUT2D eigenvalue weighted by Gasteiger charge is 2.20. The molecule has 0 heterocycles. The number of nitrogens with zero attached hydrogens (tertiary/aromatic N) is 1. The normalized spacial score (nSPS) is 10.1. The second kappa shape index (κ2) is 8.75. The van der Waals surface area contributed by atoms with E-state index >= 15 is 0 Å². The van der Waals surface area contributed by atoms with Crippen LogP contribution in [-0.4, -0.2) is 31.4 Å². The van der Waals surface area contributed by atoms with Crippen molar-refractivity contribution in [3.63, 3.8) is 0 Å². The Hall–Kier alpha value is -3.22. The molecular formula is C19H19FN2O4. The van der Waals surface area contributed by atoms with Crippen molar-refractivity contribution < 1.29 is 23.5 Å². The van der Waals surface area contributed by atoms with Crippen LogP contribution in [0.2, 0.25) is 0 Å². The third kappa shape index (κ3) is 4.89. The molecule has 0 atom stereocenters. The highest BCUT2D eigenvalue weighted by molar-refractivity contribution is 6.02. The highest BCUT2D eigenvalue weighted by Crippen LogP contribution is 2.22. The van der Waals surface area contributed by atoms with E-state index in [-0.39, 0.29) is 30.3 Å². The first-order valence-corrected chi connectivity index (χ1v) is 7.93. The Morgan fingerprint density at radius 2 is 1.73 bits per heavy atom. The quantitative estimate of drug-likeness (QED) is 0.806.